The van der Waals surface area contributed by atoms with Crippen LogP contribution in [0.1, 0.15) is 30.8 Å². The third-order valence-electron chi connectivity index (χ3n) is 7.73. The largest absolute Gasteiger partial charge is 0.341 e. The number of carbonyl (C=O) groups is 2. The Morgan fingerprint density at radius 2 is 1.84 bits per heavy atom. The maximum absolute atomic E-state index is 13.4. The molecule has 1 aromatic heterocycles. The highest BCUT2D eigenvalue weighted by atomic mass is 16.2. The summed E-state index contributed by atoms with van der Waals surface area (Å²) in [4.78, 5) is 46.1. The van der Waals surface area contributed by atoms with Crippen molar-refractivity contribution < 1.29 is 9.59 Å². The molecule has 1 spiro atoms. The molecule has 2 amide bonds. The number of carbonyl (C=O) groups excluding carboxylic acids is 2. The zero-order valence-corrected chi connectivity index (χ0v) is 16.8. The number of benzene rings is 2. The third kappa shape index (κ3) is 1.70. The predicted octanol–water partition coefficient (Wildman–Crippen LogP) is 0.900. The predicted molar refractivity (Wildman–Crippen MR) is 113 cm³/mol. The summed E-state index contributed by atoms with van der Waals surface area (Å²) in [5.74, 6) is 0.375. The summed E-state index contributed by atoms with van der Waals surface area (Å²) in [6, 6.07) is 14.4. The Balaban J connectivity index is 1.60. The second-order valence-electron chi connectivity index (χ2n) is 9.00. The van der Waals surface area contributed by atoms with Crippen molar-refractivity contribution in [1.82, 2.24) is 20.2 Å². The van der Waals surface area contributed by atoms with E-state index in [9.17, 15) is 14.4 Å². The van der Waals surface area contributed by atoms with Crippen molar-refractivity contribution in [2.45, 2.75) is 36.5 Å². The van der Waals surface area contributed by atoms with E-state index in [0.29, 0.717) is 23.1 Å². The molecule has 2 aromatic carbocycles. The van der Waals surface area contributed by atoms with Crippen molar-refractivity contribution in [3.8, 4) is 0 Å². The Bertz CT molecular complexity index is 1410. The molecule has 2 fully saturated rings. The van der Waals surface area contributed by atoms with Gasteiger partial charge in [-0.3, -0.25) is 29.2 Å². The zero-order valence-electron chi connectivity index (χ0n) is 16.8. The average molecular weight is 413 g/mol. The van der Waals surface area contributed by atoms with E-state index in [1.54, 1.807) is 10.6 Å². The Morgan fingerprint density at radius 1 is 1.06 bits per heavy atom. The van der Waals surface area contributed by atoms with Crippen molar-refractivity contribution in [3.05, 3.63) is 70.3 Å². The van der Waals surface area contributed by atoms with Gasteiger partial charge in [-0.1, -0.05) is 30.3 Å². The summed E-state index contributed by atoms with van der Waals surface area (Å²) in [5.41, 5.74) is 0.656. The minimum absolute atomic E-state index is 0.00885. The summed E-state index contributed by atoms with van der Waals surface area (Å²) in [5, 5.41) is 7.10. The van der Waals surface area contributed by atoms with Crippen molar-refractivity contribution >= 4 is 28.4 Å². The van der Waals surface area contributed by atoms with Gasteiger partial charge in [0, 0.05) is 5.69 Å². The number of nitrogens with zero attached hydrogens (tertiary/aromatic N) is 3. The molecule has 3 aromatic rings. The molecule has 5 aliphatic rings. The van der Waals surface area contributed by atoms with Crippen LogP contribution >= 0.6 is 0 Å². The molecular weight excluding hydrogens is 394 g/mol. The molecule has 6 heterocycles. The van der Waals surface area contributed by atoms with Crippen LogP contribution in [0.15, 0.2) is 53.3 Å². The highest BCUT2D eigenvalue weighted by molar-refractivity contribution is 6.01. The van der Waals surface area contributed by atoms with Crippen LogP contribution in [-0.2, 0) is 20.5 Å². The first-order valence-electron chi connectivity index (χ1n) is 10.5. The highest BCUT2D eigenvalue weighted by Crippen LogP contribution is 2.62. The molecule has 4 atom stereocenters. The minimum atomic E-state index is -0.977. The van der Waals surface area contributed by atoms with Gasteiger partial charge in [-0.15, -0.1) is 0 Å². The summed E-state index contributed by atoms with van der Waals surface area (Å²) in [7, 11) is 0. The van der Waals surface area contributed by atoms with E-state index in [-0.39, 0.29) is 30.1 Å². The van der Waals surface area contributed by atoms with Gasteiger partial charge in [0.15, 0.2) is 0 Å². The van der Waals surface area contributed by atoms with E-state index in [1.807, 2.05) is 54.3 Å². The van der Waals surface area contributed by atoms with Crippen LogP contribution in [0.4, 0.5) is 5.69 Å². The van der Waals surface area contributed by atoms with Crippen LogP contribution in [-0.4, -0.2) is 34.1 Å². The van der Waals surface area contributed by atoms with E-state index >= 15 is 0 Å². The van der Waals surface area contributed by atoms with Crippen LogP contribution in [0.3, 0.4) is 0 Å². The molecule has 2 saturated heterocycles. The fourth-order valence-corrected chi connectivity index (χ4v) is 6.44. The zero-order chi connectivity index (χ0) is 21.1. The Kier molecular flexibility index (Phi) is 2.89. The number of rotatable bonds is 0. The van der Waals surface area contributed by atoms with Gasteiger partial charge >= 0.3 is 0 Å². The number of hydrogen-bond donors (Lipinski definition) is 2. The molecule has 0 aliphatic carbocycles. The van der Waals surface area contributed by atoms with Gasteiger partial charge in [-0.25, -0.2) is 4.98 Å². The number of hydrogen-bond acceptors (Lipinski definition) is 5. The number of nitrogens with one attached hydrogen (secondary N) is 2. The number of para-hydroxylation sites is 2. The Morgan fingerprint density at radius 3 is 2.71 bits per heavy atom. The van der Waals surface area contributed by atoms with Crippen molar-refractivity contribution in [2.24, 2.45) is 0 Å². The number of aromatic nitrogens is 2. The molecular formula is C23H19N5O3. The lowest BCUT2D eigenvalue weighted by Crippen LogP contribution is -2.75. The number of fused-ring (bicyclic) bond motifs is 5. The van der Waals surface area contributed by atoms with Gasteiger partial charge in [-0.2, -0.15) is 0 Å². The maximum atomic E-state index is 13.4. The lowest BCUT2D eigenvalue weighted by Gasteiger charge is -2.58. The molecule has 2 bridgehead atoms. The van der Waals surface area contributed by atoms with E-state index < -0.39 is 17.0 Å². The van der Waals surface area contributed by atoms with E-state index in [4.69, 9.17) is 4.98 Å². The van der Waals surface area contributed by atoms with Gasteiger partial charge < -0.3 is 5.32 Å². The molecule has 8 nitrogen and oxygen atoms in total. The molecule has 31 heavy (non-hydrogen) atoms. The van der Waals surface area contributed by atoms with Gasteiger partial charge in [0.1, 0.15) is 23.6 Å². The summed E-state index contributed by atoms with van der Waals surface area (Å²) in [6.45, 7) is 2.19. The van der Waals surface area contributed by atoms with Gasteiger partial charge in [0.2, 0.25) is 11.8 Å². The van der Waals surface area contributed by atoms with Gasteiger partial charge in [0.05, 0.1) is 22.9 Å². The first kappa shape index (κ1) is 17.2. The SMILES string of the molecule is C[C@@]12NC(=O)C(CC13c1ccccc1N1C(=O)CN[C@@H]13)n1c2nc2ccccc2c1=O. The minimum Gasteiger partial charge on any atom is -0.341 e. The van der Waals surface area contributed by atoms with Crippen LogP contribution in [0.5, 0.6) is 0 Å². The van der Waals surface area contributed by atoms with Crippen LogP contribution in [0.25, 0.3) is 10.9 Å². The Hall–Kier alpha value is -3.52. The topological polar surface area (TPSA) is 96.3 Å². The van der Waals surface area contributed by atoms with Crippen molar-refractivity contribution in [2.75, 3.05) is 11.4 Å². The lowest BCUT2D eigenvalue weighted by molar-refractivity contribution is -0.137. The number of amides is 2. The molecule has 2 unspecified atom stereocenters. The molecule has 5 aliphatic heterocycles. The van der Waals surface area contributed by atoms with Crippen LogP contribution in [0, 0.1) is 0 Å². The second kappa shape index (κ2) is 5.20. The molecule has 8 heteroatoms. The smallest absolute Gasteiger partial charge is 0.262 e. The standard InChI is InChI=1S/C23H19N5O3/c1-22-20-25-14-8-4-2-6-12(14)19(31)28(20)16(18(30)26-22)10-23(22)13-7-3-5-9-15(13)27-17(29)11-24-21(23)27/h2-9,16,21,24H,10-11H2,1H3,(H,26,30)/t16?,21-,22-,23?/m0/s1. The maximum Gasteiger partial charge on any atom is 0.262 e. The fraction of sp³-hybridized carbons (Fsp3) is 0.304. The first-order valence-corrected chi connectivity index (χ1v) is 10.5. The molecule has 8 rings (SSSR count). The monoisotopic (exact) mass is 413 g/mol. The number of piperidine rings is 1. The number of anilines is 1. The van der Waals surface area contributed by atoms with E-state index in [0.717, 1.165) is 11.3 Å². The Labute approximate surface area is 176 Å². The highest BCUT2D eigenvalue weighted by Gasteiger charge is 2.71. The third-order valence-corrected chi connectivity index (χ3v) is 7.73. The second-order valence-corrected chi connectivity index (χ2v) is 9.00. The molecule has 2 N–H and O–H groups in total. The molecule has 0 saturated carbocycles. The average Bonchev–Trinajstić information content (AvgIpc) is 3.28. The van der Waals surface area contributed by atoms with E-state index in [1.165, 1.54) is 0 Å². The fourth-order valence-electron chi connectivity index (χ4n) is 6.44. The molecule has 0 radical (unpaired) electrons. The summed E-state index contributed by atoms with van der Waals surface area (Å²) in [6.07, 6.45) is 0.100. The van der Waals surface area contributed by atoms with Crippen LogP contribution < -0.4 is 21.1 Å². The normalized spacial score (nSPS) is 32.4. The van der Waals surface area contributed by atoms with Gasteiger partial charge in [-0.05, 0) is 37.1 Å². The van der Waals surface area contributed by atoms with Gasteiger partial charge in [0.25, 0.3) is 5.56 Å². The summed E-state index contributed by atoms with van der Waals surface area (Å²) < 4.78 is 1.58. The van der Waals surface area contributed by atoms with Crippen LogP contribution in [0.2, 0.25) is 0 Å². The van der Waals surface area contributed by atoms with E-state index in [2.05, 4.69) is 10.6 Å². The van der Waals surface area contributed by atoms with Crippen molar-refractivity contribution in [1.29, 1.82) is 0 Å². The quantitative estimate of drug-likeness (QED) is 0.571. The molecule has 154 valence electrons. The lowest BCUT2D eigenvalue weighted by atomic mass is 9.57. The first-order chi connectivity index (χ1) is 15.0. The summed E-state index contributed by atoms with van der Waals surface area (Å²) >= 11 is 0. The van der Waals surface area contributed by atoms with Crippen molar-refractivity contribution in [3.63, 3.8) is 0 Å².